The van der Waals surface area contributed by atoms with Crippen LogP contribution in [0.5, 0.6) is 5.75 Å². The molecule has 1 atom stereocenters. The number of benzene rings is 3. The molecule has 2 aliphatic heterocycles. The van der Waals surface area contributed by atoms with E-state index in [4.69, 9.17) is 14.5 Å². The van der Waals surface area contributed by atoms with Crippen molar-refractivity contribution in [2.24, 2.45) is 0 Å². The summed E-state index contributed by atoms with van der Waals surface area (Å²) in [5.41, 5.74) is 5.46. The van der Waals surface area contributed by atoms with Crippen LogP contribution in [0.3, 0.4) is 0 Å². The van der Waals surface area contributed by atoms with Crippen molar-refractivity contribution in [2.75, 3.05) is 48.4 Å². The van der Waals surface area contributed by atoms with E-state index in [-0.39, 0.29) is 11.9 Å². The maximum atomic E-state index is 12.4. The third kappa shape index (κ3) is 6.82. The smallest absolute Gasteiger partial charge is 0.241 e. The Kier molecular flexibility index (Phi) is 8.35. The molecule has 210 valence electrons. The maximum absolute atomic E-state index is 12.4. The Hall–Kier alpha value is -4.47. The average molecular weight is 551 g/mol. The standard InChI is InChI=1S/C32H34N6O3/c39-31(28-7-4-15-33-28)35-25-10-8-24(9-11-25)27-14-16-34-32(37-27)36-26-12-13-29(38-17-19-40-20-18-38)30(21-26)41-22-23-5-2-1-3-6-23/h1-3,5-6,8-14,16,21,28,33H,4,7,15,17-20,22H2,(H,35,39)(H,34,36,37)/t28-/m0/s1. The fraction of sp³-hybridized carbons (Fsp3) is 0.281. The molecule has 0 saturated carbocycles. The molecular formula is C32H34N6O3. The monoisotopic (exact) mass is 550 g/mol. The van der Waals surface area contributed by atoms with Gasteiger partial charge < -0.3 is 30.3 Å². The van der Waals surface area contributed by atoms with Crippen LogP contribution in [-0.4, -0.2) is 54.8 Å². The predicted octanol–water partition coefficient (Wildman–Crippen LogP) is 4.99. The highest BCUT2D eigenvalue weighted by atomic mass is 16.5. The minimum Gasteiger partial charge on any atom is -0.487 e. The molecule has 9 heteroatoms. The van der Waals surface area contributed by atoms with Crippen LogP contribution < -0.4 is 25.6 Å². The van der Waals surface area contributed by atoms with Crippen molar-refractivity contribution in [3.63, 3.8) is 0 Å². The van der Waals surface area contributed by atoms with Gasteiger partial charge in [0.2, 0.25) is 11.9 Å². The molecule has 0 bridgehead atoms. The van der Waals surface area contributed by atoms with Crippen molar-refractivity contribution in [1.82, 2.24) is 15.3 Å². The van der Waals surface area contributed by atoms with E-state index in [1.807, 2.05) is 60.7 Å². The number of amides is 1. The lowest BCUT2D eigenvalue weighted by atomic mass is 10.1. The van der Waals surface area contributed by atoms with Gasteiger partial charge >= 0.3 is 0 Å². The van der Waals surface area contributed by atoms with Crippen LogP contribution in [0.2, 0.25) is 0 Å². The normalized spacial score (nSPS) is 16.8. The highest BCUT2D eigenvalue weighted by molar-refractivity contribution is 5.95. The zero-order valence-electron chi connectivity index (χ0n) is 22.9. The van der Waals surface area contributed by atoms with E-state index < -0.39 is 0 Å². The zero-order valence-corrected chi connectivity index (χ0v) is 22.9. The fourth-order valence-corrected chi connectivity index (χ4v) is 5.08. The van der Waals surface area contributed by atoms with Gasteiger partial charge in [0.05, 0.1) is 30.6 Å². The van der Waals surface area contributed by atoms with Crippen molar-refractivity contribution >= 4 is 28.9 Å². The number of morpholine rings is 1. The predicted molar refractivity (Wildman–Crippen MR) is 161 cm³/mol. The summed E-state index contributed by atoms with van der Waals surface area (Å²) in [6, 6.07) is 25.7. The molecular weight excluding hydrogens is 516 g/mol. The summed E-state index contributed by atoms with van der Waals surface area (Å²) in [4.78, 5) is 23.9. The van der Waals surface area contributed by atoms with Crippen LogP contribution in [0.25, 0.3) is 11.3 Å². The minimum atomic E-state index is -0.114. The SMILES string of the molecule is O=C(Nc1ccc(-c2ccnc(Nc3ccc(N4CCOCC4)c(OCc4ccccc4)c3)n2)cc1)[C@@H]1CCCN1. The van der Waals surface area contributed by atoms with Gasteiger partial charge in [0.1, 0.15) is 12.4 Å². The highest BCUT2D eigenvalue weighted by Gasteiger charge is 2.22. The molecule has 9 nitrogen and oxygen atoms in total. The molecule has 6 rings (SSSR count). The first-order valence-corrected chi connectivity index (χ1v) is 14.1. The Balaban J connectivity index is 1.17. The van der Waals surface area contributed by atoms with Gasteiger partial charge in [0.15, 0.2) is 0 Å². The summed E-state index contributed by atoms with van der Waals surface area (Å²) in [6.07, 6.45) is 3.64. The third-order valence-electron chi connectivity index (χ3n) is 7.29. The van der Waals surface area contributed by atoms with E-state index in [1.54, 1.807) is 6.20 Å². The molecule has 2 fully saturated rings. The lowest BCUT2D eigenvalue weighted by molar-refractivity contribution is -0.117. The van der Waals surface area contributed by atoms with Gasteiger partial charge in [-0.25, -0.2) is 9.97 Å². The van der Waals surface area contributed by atoms with Gasteiger partial charge in [-0.2, -0.15) is 0 Å². The molecule has 1 amide bonds. The van der Waals surface area contributed by atoms with Crippen molar-refractivity contribution in [1.29, 1.82) is 0 Å². The number of carbonyl (C=O) groups excluding carboxylic acids is 1. The lowest BCUT2D eigenvalue weighted by Gasteiger charge is -2.30. The largest absolute Gasteiger partial charge is 0.487 e. The second-order valence-electron chi connectivity index (χ2n) is 10.2. The number of ether oxygens (including phenoxy) is 2. The summed E-state index contributed by atoms with van der Waals surface area (Å²) in [5, 5.41) is 9.56. The van der Waals surface area contributed by atoms with E-state index in [0.717, 1.165) is 72.1 Å². The number of rotatable bonds is 9. The van der Waals surface area contributed by atoms with E-state index >= 15 is 0 Å². The third-order valence-corrected chi connectivity index (χ3v) is 7.29. The highest BCUT2D eigenvalue weighted by Crippen LogP contribution is 2.34. The average Bonchev–Trinajstić information content (AvgIpc) is 3.57. The Morgan fingerprint density at radius 2 is 1.80 bits per heavy atom. The van der Waals surface area contributed by atoms with Crippen molar-refractivity contribution in [2.45, 2.75) is 25.5 Å². The Bertz CT molecular complexity index is 1450. The Morgan fingerprint density at radius 1 is 1.00 bits per heavy atom. The van der Waals surface area contributed by atoms with E-state index in [0.29, 0.717) is 25.8 Å². The second-order valence-corrected chi connectivity index (χ2v) is 10.2. The maximum Gasteiger partial charge on any atom is 0.241 e. The lowest BCUT2D eigenvalue weighted by Crippen LogP contribution is -2.36. The quantitative estimate of drug-likeness (QED) is 0.268. The molecule has 0 spiro atoms. The molecule has 4 aromatic rings. The Labute approximate surface area is 239 Å². The van der Waals surface area contributed by atoms with Gasteiger partial charge in [-0.3, -0.25) is 4.79 Å². The molecule has 0 radical (unpaired) electrons. The molecule has 3 N–H and O–H groups in total. The number of anilines is 4. The summed E-state index contributed by atoms with van der Waals surface area (Å²) in [6.45, 7) is 4.40. The summed E-state index contributed by atoms with van der Waals surface area (Å²) < 4.78 is 11.9. The number of nitrogens with one attached hydrogen (secondary N) is 3. The van der Waals surface area contributed by atoms with Crippen LogP contribution in [0, 0.1) is 0 Å². The fourth-order valence-electron chi connectivity index (χ4n) is 5.08. The van der Waals surface area contributed by atoms with Crippen molar-refractivity contribution in [3.05, 3.63) is 90.6 Å². The summed E-state index contributed by atoms with van der Waals surface area (Å²) >= 11 is 0. The number of hydrogen-bond acceptors (Lipinski definition) is 8. The van der Waals surface area contributed by atoms with Crippen LogP contribution in [-0.2, 0) is 16.1 Å². The Morgan fingerprint density at radius 3 is 2.59 bits per heavy atom. The van der Waals surface area contributed by atoms with E-state index in [9.17, 15) is 4.79 Å². The zero-order chi connectivity index (χ0) is 27.9. The first-order chi connectivity index (χ1) is 20.2. The van der Waals surface area contributed by atoms with Crippen LogP contribution in [0.1, 0.15) is 18.4 Å². The van der Waals surface area contributed by atoms with Crippen LogP contribution in [0.15, 0.2) is 85.1 Å². The molecule has 41 heavy (non-hydrogen) atoms. The molecule has 0 unspecified atom stereocenters. The molecule has 2 aliphatic rings. The number of carbonyl (C=O) groups is 1. The molecule has 1 aromatic heterocycles. The van der Waals surface area contributed by atoms with E-state index in [1.165, 1.54) is 0 Å². The first kappa shape index (κ1) is 26.7. The number of hydrogen-bond donors (Lipinski definition) is 3. The minimum absolute atomic E-state index is 0.00975. The van der Waals surface area contributed by atoms with Crippen LogP contribution in [0.4, 0.5) is 23.0 Å². The van der Waals surface area contributed by atoms with Crippen molar-refractivity contribution < 1.29 is 14.3 Å². The molecule has 3 aromatic carbocycles. The second kappa shape index (κ2) is 12.8. The van der Waals surface area contributed by atoms with Gasteiger partial charge in [-0.1, -0.05) is 42.5 Å². The van der Waals surface area contributed by atoms with Crippen LogP contribution >= 0.6 is 0 Å². The van der Waals surface area contributed by atoms with Gasteiger partial charge in [-0.15, -0.1) is 0 Å². The van der Waals surface area contributed by atoms with Gasteiger partial charge in [0, 0.05) is 42.3 Å². The summed E-state index contributed by atoms with van der Waals surface area (Å²) in [7, 11) is 0. The van der Waals surface area contributed by atoms with Crippen molar-refractivity contribution in [3.8, 4) is 17.0 Å². The number of nitrogens with zero attached hydrogens (tertiary/aromatic N) is 3. The topological polar surface area (TPSA) is 101 Å². The first-order valence-electron chi connectivity index (χ1n) is 14.1. The van der Waals surface area contributed by atoms with E-state index in [2.05, 4.69) is 44.0 Å². The summed E-state index contributed by atoms with van der Waals surface area (Å²) in [5.74, 6) is 1.29. The van der Waals surface area contributed by atoms with Gasteiger partial charge in [-0.05, 0) is 55.3 Å². The number of aromatic nitrogens is 2. The van der Waals surface area contributed by atoms with Gasteiger partial charge in [0.25, 0.3) is 0 Å². The molecule has 3 heterocycles. The molecule has 2 saturated heterocycles. The molecule has 0 aliphatic carbocycles.